The number of hydrogen-bond donors (Lipinski definition) is 1. The van der Waals surface area contributed by atoms with Crippen LogP contribution < -0.4 is 9.88 Å². The van der Waals surface area contributed by atoms with Gasteiger partial charge in [-0.2, -0.15) is 0 Å². The highest BCUT2D eigenvalue weighted by atomic mass is 32.2. The van der Waals surface area contributed by atoms with Crippen molar-refractivity contribution in [2.24, 2.45) is 5.14 Å². The maximum Gasteiger partial charge on any atom is 0.272 e. The molecule has 0 aromatic carbocycles. The average molecular weight is 238 g/mol. The van der Waals surface area contributed by atoms with Crippen molar-refractivity contribution in [2.75, 3.05) is 6.61 Å². The zero-order chi connectivity index (χ0) is 11.5. The number of aromatic nitrogens is 1. The fraction of sp³-hybridized carbons (Fsp3) is 0.286. The van der Waals surface area contributed by atoms with Crippen LogP contribution in [0, 0.1) is 0 Å². The molecule has 0 aliphatic carbocycles. The number of rotatable bonds is 4. The van der Waals surface area contributed by atoms with Crippen LogP contribution >= 0.6 is 0 Å². The summed E-state index contributed by atoms with van der Waals surface area (Å²) in [6, 6.07) is 2.56. The van der Waals surface area contributed by atoms with Crippen LogP contribution in [0.2, 0.25) is 0 Å². The van der Waals surface area contributed by atoms with Crippen LogP contribution in [0.1, 0.15) is 0 Å². The number of sulfonamides is 1. The summed E-state index contributed by atoms with van der Waals surface area (Å²) in [5.41, 5.74) is 0. The molecule has 0 radical (unpaired) electrons. The number of alkyl halides is 2. The molecule has 0 saturated heterocycles. The van der Waals surface area contributed by atoms with E-state index in [1.54, 1.807) is 0 Å². The van der Waals surface area contributed by atoms with Gasteiger partial charge >= 0.3 is 0 Å². The minimum atomic E-state index is -4.06. The van der Waals surface area contributed by atoms with Crippen molar-refractivity contribution < 1.29 is 21.9 Å². The van der Waals surface area contributed by atoms with E-state index in [-0.39, 0.29) is 5.75 Å². The second-order valence-corrected chi connectivity index (χ2v) is 4.03. The highest BCUT2D eigenvalue weighted by Gasteiger charge is 2.17. The van der Waals surface area contributed by atoms with Gasteiger partial charge in [0.1, 0.15) is 6.61 Å². The SMILES string of the molecule is NS(=O)(=O)c1ncccc1OCC(F)F. The Bertz CT molecular complexity index is 436. The topological polar surface area (TPSA) is 82.3 Å². The van der Waals surface area contributed by atoms with Crippen molar-refractivity contribution in [1.82, 2.24) is 4.98 Å². The summed E-state index contributed by atoms with van der Waals surface area (Å²) < 4.78 is 50.1. The van der Waals surface area contributed by atoms with Gasteiger partial charge < -0.3 is 4.74 Å². The Labute approximate surface area is 84.9 Å². The normalized spacial score (nSPS) is 11.7. The molecule has 0 aliphatic rings. The van der Waals surface area contributed by atoms with Gasteiger partial charge in [0.05, 0.1) is 0 Å². The molecule has 1 rings (SSSR count). The lowest BCUT2D eigenvalue weighted by molar-refractivity contribution is 0.0800. The molecule has 8 heteroatoms. The molecule has 1 aromatic heterocycles. The second-order valence-electron chi connectivity index (χ2n) is 2.55. The molecule has 0 atom stereocenters. The van der Waals surface area contributed by atoms with Crippen LogP contribution in [0.25, 0.3) is 0 Å². The molecule has 0 saturated carbocycles. The van der Waals surface area contributed by atoms with E-state index in [9.17, 15) is 17.2 Å². The summed E-state index contributed by atoms with van der Waals surface area (Å²) in [5.74, 6) is -0.277. The van der Waals surface area contributed by atoms with Gasteiger partial charge in [0.15, 0.2) is 5.75 Å². The largest absolute Gasteiger partial charge is 0.485 e. The van der Waals surface area contributed by atoms with Crippen molar-refractivity contribution in [2.45, 2.75) is 11.5 Å². The molecule has 15 heavy (non-hydrogen) atoms. The molecule has 5 nitrogen and oxygen atoms in total. The summed E-state index contributed by atoms with van der Waals surface area (Å²) in [5, 5.41) is 4.26. The molecule has 0 fully saturated rings. The number of pyridine rings is 1. The molecule has 84 valence electrons. The first kappa shape index (κ1) is 11.8. The van der Waals surface area contributed by atoms with Crippen LogP contribution in [0.4, 0.5) is 8.78 Å². The van der Waals surface area contributed by atoms with Crippen LogP contribution in [0.3, 0.4) is 0 Å². The van der Waals surface area contributed by atoms with E-state index in [1.807, 2.05) is 0 Å². The number of nitrogens with zero attached hydrogens (tertiary/aromatic N) is 1. The van der Waals surface area contributed by atoms with Crippen LogP contribution in [-0.2, 0) is 10.0 Å². The molecular weight excluding hydrogens is 230 g/mol. The van der Waals surface area contributed by atoms with Gasteiger partial charge in [0, 0.05) is 6.20 Å². The maximum absolute atomic E-state index is 11.8. The second kappa shape index (κ2) is 4.49. The highest BCUT2D eigenvalue weighted by Crippen LogP contribution is 2.19. The first-order chi connectivity index (χ1) is 6.91. The minimum Gasteiger partial charge on any atom is -0.485 e. The van der Waals surface area contributed by atoms with Crippen molar-refractivity contribution in [1.29, 1.82) is 0 Å². The smallest absolute Gasteiger partial charge is 0.272 e. The Hall–Kier alpha value is -1.28. The Kier molecular flexibility index (Phi) is 3.53. The Morgan fingerprint density at radius 3 is 2.73 bits per heavy atom. The van der Waals surface area contributed by atoms with E-state index in [1.165, 1.54) is 18.3 Å². The standard InChI is InChI=1S/C7H8F2N2O3S/c8-6(9)4-14-5-2-1-3-11-7(5)15(10,12)13/h1-3,6H,4H2,(H2,10,12,13). The molecule has 0 bridgehead atoms. The lowest BCUT2D eigenvalue weighted by atomic mass is 10.5. The van der Waals surface area contributed by atoms with Crippen LogP contribution in [0.5, 0.6) is 5.75 Å². The third kappa shape index (κ3) is 3.40. The van der Waals surface area contributed by atoms with E-state index in [4.69, 9.17) is 5.14 Å². The van der Waals surface area contributed by atoms with Gasteiger partial charge in [-0.25, -0.2) is 27.3 Å². The van der Waals surface area contributed by atoms with Gasteiger partial charge in [-0.05, 0) is 12.1 Å². The van der Waals surface area contributed by atoms with Gasteiger partial charge in [0.2, 0.25) is 5.03 Å². The quantitative estimate of drug-likeness (QED) is 0.821. The Morgan fingerprint density at radius 1 is 1.53 bits per heavy atom. The number of nitrogens with two attached hydrogens (primary N) is 1. The predicted molar refractivity (Wildman–Crippen MR) is 47.1 cm³/mol. The minimum absolute atomic E-state index is 0.277. The number of ether oxygens (including phenoxy) is 1. The van der Waals surface area contributed by atoms with E-state index in [0.717, 1.165) is 0 Å². The molecule has 0 amide bonds. The maximum atomic E-state index is 11.8. The Balaban J connectivity index is 2.98. The van der Waals surface area contributed by atoms with Gasteiger partial charge in [-0.1, -0.05) is 0 Å². The molecular formula is C7H8F2N2O3S. The molecule has 0 unspecified atom stereocenters. The molecule has 0 spiro atoms. The van der Waals surface area contributed by atoms with E-state index in [0.29, 0.717) is 0 Å². The summed E-state index contributed by atoms with van der Waals surface area (Å²) in [6.45, 7) is -0.909. The predicted octanol–water partition coefficient (Wildman–Crippen LogP) is 0.373. The molecule has 0 aliphatic heterocycles. The number of hydrogen-bond acceptors (Lipinski definition) is 4. The van der Waals surface area contributed by atoms with Crippen molar-refractivity contribution in [3.05, 3.63) is 18.3 Å². The van der Waals surface area contributed by atoms with Crippen molar-refractivity contribution in [3.63, 3.8) is 0 Å². The first-order valence-electron chi connectivity index (χ1n) is 3.80. The highest BCUT2D eigenvalue weighted by molar-refractivity contribution is 7.89. The van der Waals surface area contributed by atoms with Crippen molar-refractivity contribution >= 4 is 10.0 Å². The summed E-state index contributed by atoms with van der Waals surface area (Å²) in [7, 11) is -4.06. The zero-order valence-corrected chi connectivity index (χ0v) is 8.25. The van der Waals surface area contributed by atoms with Crippen LogP contribution in [0.15, 0.2) is 23.4 Å². The third-order valence-corrected chi connectivity index (χ3v) is 2.22. The van der Waals surface area contributed by atoms with Crippen LogP contribution in [-0.4, -0.2) is 26.4 Å². The fourth-order valence-corrected chi connectivity index (χ4v) is 1.47. The number of halogens is 2. The van der Waals surface area contributed by atoms with Gasteiger partial charge in [-0.15, -0.1) is 0 Å². The fourth-order valence-electron chi connectivity index (χ4n) is 0.852. The lowest BCUT2D eigenvalue weighted by Crippen LogP contribution is -2.17. The summed E-state index contributed by atoms with van der Waals surface area (Å²) in [4.78, 5) is 3.45. The summed E-state index contributed by atoms with van der Waals surface area (Å²) >= 11 is 0. The van der Waals surface area contributed by atoms with E-state index < -0.39 is 28.1 Å². The first-order valence-corrected chi connectivity index (χ1v) is 5.34. The van der Waals surface area contributed by atoms with E-state index >= 15 is 0 Å². The molecule has 1 heterocycles. The summed E-state index contributed by atoms with van der Waals surface area (Å²) in [6.07, 6.45) is -1.52. The molecule has 2 N–H and O–H groups in total. The third-order valence-electron chi connectivity index (χ3n) is 1.37. The number of primary sulfonamides is 1. The van der Waals surface area contributed by atoms with E-state index in [2.05, 4.69) is 9.72 Å². The Morgan fingerprint density at radius 2 is 2.20 bits per heavy atom. The van der Waals surface area contributed by atoms with Gasteiger partial charge in [0.25, 0.3) is 16.4 Å². The lowest BCUT2D eigenvalue weighted by Gasteiger charge is -2.07. The molecule has 1 aromatic rings. The van der Waals surface area contributed by atoms with Gasteiger partial charge in [-0.3, -0.25) is 0 Å². The van der Waals surface area contributed by atoms with Crippen molar-refractivity contribution in [3.8, 4) is 5.75 Å². The average Bonchev–Trinajstić information content (AvgIpc) is 2.13. The monoisotopic (exact) mass is 238 g/mol. The zero-order valence-electron chi connectivity index (χ0n) is 7.43.